The van der Waals surface area contributed by atoms with Gasteiger partial charge in [0.2, 0.25) is 0 Å². The minimum Gasteiger partial charge on any atom is -0.397 e. The van der Waals surface area contributed by atoms with E-state index >= 15 is 0 Å². The SMILES string of the molecule is Nc1c(S(=O)(=O)Cl)cc(S(=O)(=O)Cl)cc1S(=O)(=O)Cl. The topological polar surface area (TPSA) is 128 Å². The molecule has 0 amide bonds. The molecule has 0 bridgehead atoms. The molecule has 1 aromatic carbocycles. The second-order valence-electron chi connectivity index (χ2n) is 3.15. The summed E-state index contributed by atoms with van der Waals surface area (Å²) in [7, 11) is 1.65. The number of nitrogens with two attached hydrogens (primary N) is 1. The number of nitrogen functional groups attached to an aromatic ring is 1. The van der Waals surface area contributed by atoms with E-state index in [0.29, 0.717) is 12.1 Å². The highest BCUT2D eigenvalue weighted by Crippen LogP contribution is 2.34. The minimum atomic E-state index is -4.50. The van der Waals surface area contributed by atoms with Crippen molar-refractivity contribution in [2.75, 3.05) is 5.73 Å². The third-order valence-corrected chi connectivity index (χ3v) is 5.94. The van der Waals surface area contributed by atoms with Crippen molar-refractivity contribution in [2.24, 2.45) is 0 Å². The Hall–Kier alpha value is -0.260. The molecule has 0 fully saturated rings. The van der Waals surface area contributed by atoms with Crippen molar-refractivity contribution in [2.45, 2.75) is 14.7 Å². The number of benzene rings is 1. The Bertz CT molecular complexity index is 789. The fraction of sp³-hybridized carbons (Fsp3) is 0. The minimum absolute atomic E-state index is 0.533. The predicted octanol–water partition coefficient (Wildman–Crippen LogP) is 1.05. The highest BCUT2D eigenvalue weighted by Gasteiger charge is 2.27. The number of halogens is 3. The van der Waals surface area contributed by atoms with E-state index in [1.165, 1.54) is 0 Å². The van der Waals surface area contributed by atoms with Crippen LogP contribution in [0.15, 0.2) is 26.8 Å². The lowest BCUT2D eigenvalue weighted by Crippen LogP contribution is -2.07. The average Bonchev–Trinajstić information content (AvgIpc) is 2.11. The first-order chi connectivity index (χ1) is 8.24. The third-order valence-electron chi connectivity index (χ3n) is 1.88. The summed E-state index contributed by atoms with van der Waals surface area (Å²) in [5, 5.41) is 0. The van der Waals surface area contributed by atoms with E-state index in [9.17, 15) is 25.3 Å². The van der Waals surface area contributed by atoms with Gasteiger partial charge < -0.3 is 5.73 Å². The van der Waals surface area contributed by atoms with Crippen LogP contribution < -0.4 is 5.73 Å². The Morgan fingerprint density at radius 2 is 1.05 bits per heavy atom. The fourth-order valence-electron chi connectivity index (χ4n) is 1.12. The van der Waals surface area contributed by atoms with Gasteiger partial charge in [0.1, 0.15) is 9.79 Å². The summed E-state index contributed by atoms with van der Waals surface area (Å²) >= 11 is 0. The van der Waals surface area contributed by atoms with Crippen molar-refractivity contribution in [3.8, 4) is 0 Å². The van der Waals surface area contributed by atoms with Gasteiger partial charge in [-0.15, -0.1) is 0 Å². The Morgan fingerprint density at radius 1 is 0.737 bits per heavy atom. The maximum atomic E-state index is 11.2. The average molecular weight is 389 g/mol. The van der Waals surface area contributed by atoms with E-state index in [1.54, 1.807) is 0 Å². The van der Waals surface area contributed by atoms with Gasteiger partial charge in [-0.1, -0.05) is 0 Å². The molecule has 2 N–H and O–H groups in total. The molecule has 0 aromatic heterocycles. The number of rotatable bonds is 3. The Balaban J connectivity index is 4.00. The summed E-state index contributed by atoms with van der Waals surface area (Å²) in [6.07, 6.45) is 0. The molecule has 0 aliphatic carbocycles. The fourth-order valence-corrected chi connectivity index (χ4v) is 4.17. The molecule has 1 rings (SSSR count). The summed E-state index contributed by atoms with van der Waals surface area (Å²) in [6.45, 7) is 0. The second kappa shape index (κ2) is 4.93. The van der Waals surface area contributed by atoms with Gasteiger partial charge in [0.25, 0.3) is 27.2 Å². The molecule has 1 aromatic rings. The Morgan fingerprint density at radius 3 is 1.26 bits per heavy atom. The van der Waals surface area contributed by atoms with Crippen molar-refractivity contribution in [3.05, 3.63) is 12.1 Å². The van der Waals surface area contributed by atoms with Crippen LogP contribution in [0, 0.1) is 0 Å². The molecule has 0 spiro atoms. The third kappa shape index (κ3) is 3.86. The maximum absolute atomic E-state index is 11.2. The number of hydrogen-bond donors (Lipinski definition) is 1. The lowest BCUT2D eigenvalue weighted by Gasteiger charge is -2.08. The smallest absolute Gasteiger partial charge is 0.263 e. The molecule has 19 heavy (non-hydrogen) atoms. The van der Waals surface area contributed by atoms with E-state index in [4.69, 9.17) is 37.8 Å². The Labute approximate surface area is 122 Å². The first-order valence-corrected chi connectivity index (χ1v) is 10.9. The van der Waals surface area contributed by atoms with E-state index in [2.05, 4.69) is 0 Å². The van der Waals surface area contributed by atoms with Crippen molar-refractivity contribution in [1.29, 1.82) is 0 Å². The van der Waals surface area contributed by atoms with Crippen molar-refractivity contribution >= 4 is 64.9 Å². The van der Waals surface area contributed by atoms with Gasteiger partial charge in [-0.05, 0) is 12.1 Å². The molecule has 0 heterocycles. The van der Waals surface area contributed by atoms with Crippen molar-refractivity contribution < 1.29 is 25.3 Å². The zero-order valence-corrected chi connectivity index (χ0v) is 13.3. The van der Waals surface area contributed by atoms with Gasteiger partial charge in [0, 0.05) is 32.0 Å². The van der Waals surface area contributed by atoms with Crippen LogP contribution in [-0.2, 0) is 27.2 Å². The zero-order chi connectivity index (χ0) is 15.2. The maximum Gasteiger partial charge on any atom is 0.263 e. The summed E-state index contributed by atoms with van der Waals surface area (Å²) in [5.41, 5.74) is 4.51. The van der Waals surface area contributed by atoms with Gasteiger partial charge in [-0.25, -0.2) is 25.3 Å². The highest BCUT2D eigenvalue weighted by molar-refractivity contribution is 8.15. The summed E-state index contributed by atoms with van der Waals surface area (Å²) in [5.74, 6) is 0. The molecule has 108 valence electrons. The molecule has 0 aliphatic heterocycles. The normalized spacial score (nSPS) is 13.4. The van der Waals surface area contributed by atoms with E-state index in [1.807, 2.05) is 0 Å². The van der Waals surface area contributed by atoms with E-state index in [-0.39, 0.29) is 0 Å². The van der Waals surface area contributed by atoms with Crippen LogP contribution in [0.5, 0.6) is 0 Å². The van der Waals surface area contributed by atoms with Crippen LogP contribution in [0.2, 0.25) is 0 Å². The van der Waals surface area contributed by atoms with E-state index in [0.717, 1.165) is 0 Å². The van der Waals surface area contributed by atoms with E-state index < -0.39 is 47.5 Å². The lowest BCUT2D eigenvalue weighted by atomic mass is 10.3. The van der Waals surface area contributed by atoms with Crippen LogP contribution in [0.1, 0.15) is 0 Å². The molecule has 0 unspecified atom stereocenters. The van der Waals surface area contributed by atoms with Crippen LogP contribution in [-0.4, -0.2) is 25.3 Å². The molecule has 0 saturated heterocycles. The van der Waals surface area contributed by atoms with Gasteiger partial charge in [0.05, 0.1) is 10.6 Å². The second-order valence-corrected chi connectivity index (χ2v) is 10.8. The molecule has 0 saturated carbocycles. The summed E-state index contributed by atoms with van der Waals surface area (Å²) in [6, 6.07) is 1.07. The highest BCUT2D eigenvalue weighted by atomic mass is 35.7. The molecule has 13 heteroatoms. The van der Waals surface area contributed by atoms with Gasteiger partial charge in [-0.2, -0.15) is 0 Å². The molecular weight excluding hydrogens is 385 g/mol. The summed E-state index contributed by atoms with van der Waals surface area (Å²) in [4.78, 5) is -2.66. The van der Waals surface area contributed by atoms with Crippen LogP contribution in [0.25, 0.3) is 0 Å². The van der Waals surface area contributed by atoms with Crippen LogP contribution in [0.3, 0.4) is 0 Å². The molecule has 0 atom stereocenters. The van der Waals surface area contributed by atoms with Crippen LogP contribution >= 0.6 is 32.0 Å². The van der Waals surface area contributed by atoms with Crippen LogP contribution in [0.4, 0.5) is 5.69 Å². The zero-order valence-electron chi connectivity index (χ0n) is 8.54. The lowest BCUT2D eigenvalue weighted by molar-refractivity contribution is 0.606. The number of hydrogen-bond acceptors (Lipinski definition) is 7. The van der Waals surface area contributed by atoms with Gasteiger partial charge in [-0.3, -0.25) is 0 Å². The standard InChI is InChI=1S/C6H4Cl3NO6S3/c7-17(11,12)3-1-4(18(8,13)14)6(10)5(2-3)19(9,15)16/h1-2H,10H2. The quantitative estimate of drug-likeness (QED) is 0.605. The Kier molecular flexibility index (Phi) is 4.36. The number of anilines is 1. The molecule has 0 aliphatic rings. The predicted molar refractivity (Wildman–Crippen MR) is 70.0 cm³/mol. The monoisotopic (exact) mass is 387 g/mol. The first kappa shape index (κ1) is 16.8. The molecular formula is C6H4Cl3NO6S3. The van der Waals surface area contributed by atoms with Crippen molar-refractivity contribution in [1.82, 2.24) is 0 Å². The van der Waals surface area contributed by atoms with Crippen molar-refractivity contribution in [3.63, 3.8) is 0 Å². The van der Waals surface area contributed by atoms with Gasteiger partial charge >= 0.3 is 0 Å². The largest absolute Gasteiger partial charge is 0.397 e. The summed E-state index contributed by atoms with van der Waals surface area (Å²) < 4.78 is 67.2. The van der Waals surface area contributed by atoms with Gasteiger partial charge in [0.15, 0.2) is 0 Å². The molecule has 0 radical (unpaired) electrons. The first-order valence-electron chi connectivity index (χ1n) is 4.02. The molecule has 7 nitrogen and oxygen atoms in total.